The molecule has 0 amide bonds. The van der Waals surface area contributed by atoms with Gasteiger partial charge in [0, 0.05) is 35.8 Å². The smallest absolute Gasteiger partial charge is 0.134 e. The summed E-state index contributed by atoms with van der Waals surface area (Å²) < 4.78 is 5.56. The number of fused-ring (bicyclic) bond motifs is 1. The van der Waals surface area contributed by atoms with Gasteiger partial charge in [-0.3, -0.25) is 0 Å². The van der Waals surface area contributed by atoms with Gasteiger partial charge < -0.3 is 15.1 Å². The number of nitrogens with one attached hydrogen (secondary N) is 1. The zero-order valence-corrected chi connectivity index (χ0v) is 9.39. The molecular weight excluding hydrogens is 212 g/mol. The Morgan fingerprint density at radius 3 is 2.88 bits per heavy atom. The average molecular weight is 226 g/mol. The first kappa shape index (κ1) is 10.2. The number of aromatic nitrogens is 1. The van der Waals surface area contributed by atoms with E-state index in [0.717, 1.165) is 16.5 Å². The highest BCUT2D eigenvalue weighted by Gasteiger charge is 2.17. The minimum Gasteiger partial charge on any atom is -0.464 e. The van der Waals surface area contributed by atoms with Gasteiger partial charge in [-0.15, -0.1) is 0 Å². The van der Waals surface area contributed by atoms with Crippen LogP contribution in [0.15, 0.2) is 53.4 Å². The molecule has 0 aliphatic carbocycles. The Bertz CT molecular complexity index is 610. The minimum atomic E-state index is 0.185. The molecule has 3 aromatic rings. The summed E-state index contributed by atoms with van der Waals surface area (Å²) in [5.74, 6) is 0.185. The van der Waals surface area contributed by atoms with E-state index in [1.165, 1.54) is 5.56 Å². The molecule has 0 saturated carbocycles. The maximum absolute atomic E-state index is 5.89. The molecule has 3 heteroatoms. The molecule has 0 aliphatic heterocycles. The molecule has 0 bridgehead atoms. The standard InChI is InChI=1S/C14H14N2O/c15-7-12(10-5-6-16-8-10)13-9-17-14-4-2-1-3-11(13)14/h1-6,8-9,12,16H,7,15H2. The number of nitrogens with two attached hydrogens (primary N) is 1. The van der Waals surface area contributed by atoms with Crippen molar-refractivity contribution < 1.29 is 4.42 Å². The number of hydrogen-bond donors (Lipinski definition) is 2. The van der Waals surface area contributed by atoms with E-state index in [2.05, 4.69) is 17.1 Å². The molecule has 0 fully saturated rings. The molecule has 1 aromatic carbocycles. The van der Waals surface area contributed by atoms with Gasteiger partial charge >= 0.3 is 0 Å². The van der Waals surface area contributed by atoms with Crippen LogP contribution >= 0.6 is 0 Å². The van der Waals surface area contributed by atoms with Crippen molar-refractivity contribution in [3.63, 3.8) is 0 Å². The van der Waals surface area contributed by atoms with E-state index < -0.39 is 0 Å². The molecule has 2 heterocycles. The SMILES string of the molecule is NCC(c1cc[nH]c1)c1coc2ccccc12. The molecule has 1 atom stereocenters. The number of para-hydroxylation sites is 1. The monoisotopic (exact) mass is 226 g/mol. The summed E-state index contributed by atoms with van der Waals surface area (Å²) >= 11 is 0. The first-order chi connectivity index (χ1) is 8.40. The fourth-order valence-corrected chi connectivity index (χ4v) is 2.26. The third kappa shape index (κ3) is 1.65. The number of aromatic amines is 1. The molecule has 3 rings (SSSR count). The first-order valence-electron chi connectivity index (χ1n) is 5.69. The molecular formula is C14H14N2O. The number of rotatable bonds is 3. The van der Waals surface area contributed by atoms with Gasteiger partial charge in [0.25, 0.3) is 0 Å². The van der Waals surface area contributed by atoms with Crippen LogP contribution in [0.25, 0.3) is 11.0 Å². The molecule has 3 N–H and O–H groups in total. The molecule has 0 saturated heterocycles. The molecule has 0 aliphatic rings. The van der Waals surface area contributed by atoms with Crippen LogP contribution in [-0.2, 0) is 0 Å². The van der Waals surface area contributed by atoms with Crippen molar-refractivity contribution in [1.29, 1.82) is 0 Å². The van der Waals surface area contributed by atoms with Crippen LogP contribution < -0.4 is 5.73 Å². The molecule has 3 nitrogen and oxygen atoms in total. The van der Waals surface area contributed by atoms with Crippen molar-refractivity contribution in [3.05, 3.63) is 60.1 Å². The highest BCUT2D eigenvalue weighted by atomic mass is 16.3. The summed E-state index contributed by atoms with van der Waals surface area (Å²) in [4.78, 5) is 3.07. The number of H-pyrrole nitrogens is 1. The average Bonchev–Trinajstić information content (AvgIpc) is 3.01. The van der Waals surface area contributed by atoms with E-state index in [1.54, 1.807) is 0 Å². The summed E-state index contributed by atoms with van der Waals surface area (Å²) in [7, 11) is 0. The normalized spacial score (nSPS) is 13.0. The van der Waals surface area contributed by atoms with Crippen LogP contribution in [0.3, 0.4) is 0 Å². The number of hydrogen-bond acceptors (Lipinski definition) is 2. The Balaban J connectivity index is 2.13. The van der Waals surface area contributed by atoms with Crippen molar-refractivity contribution in [1.82, 2.24) is 4.98 Å². The summed E-state index contributed by atoms with van der Waals surface area (Å²) in [5.41, 5.74) is 9.15. The van der Waals surface area contributed by atoms with E-state index in [9.17, 15) is 0 Å². The summed E-state index contributed by atoms with van der Waals surface area (Å²) in [6.07, 6.45) is 5.72. The predicted molar refractivity (Wildman–Crippen MR) is 67.9 cm³/mol. The summed E-state index contributed by atoms with van der Waals surface area (Å²) in [5, 5.41) is 1.14. The second-order valence-corrected chi connectivity index (χ2v) is 4.12. The topological polar surface area (TPSA) is 55.0 Å². The quantitative estimate of drug-likeness (QED) is 0.721. The van der Waals surface area contributed by atoms with Gasteiger partial charge in [-0.05, 0) is 17.7 Å². The minimum absolute atomic E-state index is 0.185. The van der Waals surface area contributed by atoms with Gasteiger partial charge in [0.15, 0.2) is 0 Å². The van der Waals surface area contributed by atoms with Crippen LogP contribution in [0.1, 0.15) is 17.0 Å². The lowest BCUT2D eigenvalue weighted by molar-refractivity contribution is 0.606. The summed E-state index contributed by atoms with van der Waals surface area (Å²) in [6, 6.07) is 10.1. The molecule has 0 radical (unpaired) electrons. The van der Waals surface area contributed by atoms with Gasteiger partial charge in [0.2, 0.25) is 0 Å². The maximum atomic E-state index is 5.89. The fraction of sp³-hybridized carbons (Fsp3) is 0.143. The third-order valence-electron chi connectivity index (χ3n) is 3.15. The van der Waals surface area contributed by atoms with Crippen molar-refractivity contribution in [3.8, 4) is 0 Å². The van der Waals surface area contributed by atoms with E-state index in [0.29, 0.717) is 6.54 Å². The van der Waals surface area contributed by atoms with Crippen LogP contribution in [0.5, 0.6) is 0 Å². The molecule has 86 valence electrons. The highest BCUT2D eigenvalue weighted by molar-refractivity contribution is 5.82. The third-order valence-corrected chi connectivity index (χ3v) is 3.15. The number of furan rings is 1. The van der Waals surface area contributed by atoms with Gasteiger partial charge in [-0.25, -0.2) is 0 Å². The van der Waals surface area contributed by atoms with Crippen molar-refractivity contribution in [2.75, 3.05) is 6.54 Å². The van der Waals surface area contributed by atoms with E-state index in [1.807, 2.05) is 36.9 Å². The Kier molecular flexibility index (Phi) is 2.46. The maximum Gasteiger partial charge on any atom is 0.134 e. The van der Waals surface area contributed by atoms with E-state index >= 15 is 0 Å². The zero-order chi connectivity index (χ0) is 11.7. The molecule has 1 unspecified atom stereocenters. The summed E-state index contributed by atoms with van der Waals surface area (Å²) in [6.45, 7) is 0.571. The van der Waals surface area contributed by atoms with E-state index in [-0.39, 0.29) is 5.92 Å². The number of benzene rings is 1. The largest absolute Gasteiger partial charge is 0.464 e. The molecule has 2 aromatic heterocycles. The second-order valence-electron chi connectivity index (χ2n) is 4.12. The second kappa shape index (κ2) is 4.11. The fourth-order valence-electron chi connectivity index (χ4n) is 2.26. The Hall–Kier alpha value is -2.00. The van der Waals surface area contributed by atoms with Gasteiger partial charge in [0.1, 0.15) is 5.58 Å². The lowest BCUT2D eigenvalue weighted by Crippen LogP contribution is -2.12. The van der Waals surface area contributed by atoms with Crippen LogP contribution in [0.2, 0.25) is 0 Å². The van der Waals surface area contributed by atoms with Crippen molar-refractivity contribution in [2.24, 2.45) is 5.73 Å². The zero-order valence-electron chi connectivity index (χ0n) is 9.39. The Labute approximate surface area is 99.2 Å². The highest BCUT2D eigenvalue weighted by Crippen LogP contribution is 2.31. The molecule has 0 spiro atoms. The van der Waals surface area contributed by atoms with Crippen LogP contribution in [0.4, 0.5) is 0 Å². The Morgan fingerprint density at radius 1 is 1.24 bits per heavy atom. The van der Waals surface area contributed by atoms with Crippen LogP contribution in [-0.4, -0.2) is 11.5 Å². The van der Waals surface area contributed by atoms with E-state index in [4.69, 9.17) is 10.2 Å². The first-order valence-corrected chi connectivity index (χ1v) is 5.69. The lowest BCUT2D eigenvalue weighted by atomic mass is 9.93. The Morgan fingerprint density at radius 2 is 2.12 bits per heavy atom. The predicted octanol–water partition coefficient (Wildman–Crippen LogP) is 2.85. The van der Waals surface area contributed by atoms with Gasteiger partial charge in [0.05, 0.1) is 6.26 Å². The lowest BCUT2D eigenvalue weighted by Gasteiger charge is -2.11. The van der Waals surface area contributed by atoms with Gasteiger partial charge in [-0.2, -0.15) is 0 Å². The van der Waals surface area contributed by atoms with Crippen LogP contribution in [0, 0.1) is 0 Å². The molecule has 17 heavy (non-hydrogen) atoms. The van der Waals surface area contributed by atoms with Gasteiger partial charge in [-0.1, -0.05) is 18.2 Å². The van der Waals surface area contributed by atoms with Crippen molar-refractivity contribution >= 4 is 11.0 Å². The van der Waals surface area contributed by atoms with Crippen molar-refractivity contribution in [2.45, 2.75) is 5.92 Å².